The van der Waals surface area contributed by atoms with Crippen LogP contribution >= 0.6 is 0 Å². The lowest BCUT2D eigenvalue weighted by Gasteiger charge is -2.19. The van der Waals surface area contributed by atoms with E-state index in [1.54, 1.807) is 6.07 Å². The van der Waals surface area contributed by atoms with E-state index in [0.717, 1.165) is 11.9 Å². The molecule has 0 radical (unpaired) electrons. The van der Waals surface area contributed by atoms with Crippen LogP contribution in [0.15, 0.2) is 17.0 Å². The van der Waals surface area contributed by atoms with Gasteiger partial charge in [-0.05, 0) is 0 Å². The van der Waals surface area contributed by atoms with E-state index in [0.29, 0.717) is 11.5 Å². The number of benzene rings is 1. The highest BCUT2D eigenvalue weighted by Crippen LogP contribution is 2.36. The molecule has 0 saturated carbocycles. The highest BCUT2D eigenvalue weighted by atomic mass is 32.2. The van der Waals surface area contributed by atoms with Crippen molar-refractivity contribution in [2.75, 3.05) is 39.5 Å². The quantitative estimate of drug-likeness (QED) is 0.812. The van der Waals surface area contributed by atoms with Gasteiger partial charge in [0, 0.05) is 32.5 Å². The molecule has 0 aliphatic heterocycles. The monoisotopic (exact) mass is 259 g/mol. The summed E-state index contributed by atoms with van der Waals surface area (Å²) in [5.41, 5.74) is 0.761. The Morgan fingerprint density at radius 2 is 1.59 bits per heavy atom. The second-order valence-corrected chi connectivity index (χ2v) is 5.83. The van der Waals surface area contributed by atoms with E-state index in [-0.39, 0.29) is 4.90 Å². The van der Waals surface area contributed by atoms with Crippen molar-refractivity contribution in [2.45, 2.75) is 4.90 Å². The van der Waals surface area contributed by atoms with Crippen molar-refractivity contribution >= 4 is 15.5 Å². The van der Waals surface area contributed by atoms with Crippen molar-refractivity contribution in [3.8, 4) is 11.5 Å². The van der Waals surface area contributed by atoms with Crippen LogP contribution in [0.4, 0.5) is 5.69 Å². The molecule has 1 aromatic carbocycles. The molecule has 0 N–H and O–H groups in total. The maximum Gasteiger partial charge on any atom is 0.179 e. The molecule has 1 rings (SSSR count). The topological polar surface area (TPSA) is 55.8 Å². The second-order valence-electron chi connectivity index (χ2n) is 3.84. The molecule has 0 heterocycles. The average molecular weight is 259 g/mol. The Morgan fingerprint density at radius 1 is 1.06 bits per heavy atom. The van der Waals surface area contributed by atoms with E-state index in [2.05, 4.69) is 0 Å². The summed E-state index contributed by atoms with van der Waals surface area (Å²) in [6, 6.07) is 3.12. The second kappa shape index (κ2) is 4.83. The smallest absolute Gasteiger partial charge is 0.179 e. The molecule has 17 heavy (non-hydrogen) atoms. The molecular formula is C11H17NO4S. The van der Waals surface area contributed by atoms with Crippen molar-refractivity contribution in [3.63, 3.8) is 0 Å². The van der Waals surface area contributed by atoms with E-state index in [9.17, 15) is 8.42 Å². The number of ether oxygens (including phenoxy) is 2. The van der Waals surface area contributed by atoms with Crippen LogP contribution in [-0.2, 0) is 9.84 Å². The SMILES string of the molecule is COc1cc(S(C)(=O)=O)c(OC)cc1N(C)C. The molecule has 0 fully saturated rings. The molecule has 6 heteroatoms. The molecule has 0 atom stereocenters. The molecule has 0 amide bonds. The highest BCUT2D eigenvalue weighted by Gasteiger charge is 2.19. The summed E-state index contributed by atoms with van der Waals surface area (Å²) >= 11 is 0. The number of sulfone groups is 1. The maximum absolute atomic E-state index is 11.6. The molecule has 0 spiro atoms. The lowest BCUT2D eigenvalue weighted by Crippen LogP contribution is -2.11. The summed E-state index contributed by atoms with van der Waals surface area (Å²) in [4.78, 5) is 1.95. The summed E-state index contributed by atoms with van der Waals surface area (Å²) in [6.07, 6.45) is 1.14. The fourth-order valence-corrected chi connectivity index (χ4v) is 2.32. The number of rotatable bonds is 4. The molecule has 0 unspecified atom stereocenters. The van der Waals surface area contributed by atoms with Crippen LogP contribution in [-0.4, -0.2) is 43.0 Å². The lowest BCUT2D eigenvalue weighted by atomic mass is 10.2. The van der Waals surface area contributed by atoms with E-state index in [1.807, 2.05) is 19.0 Å². The summed E-state index contributed by atoms with van der Waals surface area (Å²) < 4.78 is 33.5. The van der Waals surface area contributed by atoms with Crippen molar-refractivity contribution in [1.29, 1.82) is 0 Å². The normalized spacial score (nSPS) is 11.1. The van der Waals surface area contributed by atoms with Gasteiger partial charge in [-0.3, -0.25) is 0 Å². The van der Waals surface area contributed by atoms with Crippen LogP contribution in [0.5, 0.6) is 11.5 Å². The zero-order valence-electron chi connectivity index (χ0n) is 10.6. The van der Waals surface area contributed by atoms with Crippen LogP contribution < -0.4 is 14.4 Å². The molecule has 1 aromatic rings. The minimum absolute atomic E-state index is 0.127. The Kier molecular flexibility index (Phi) is 3.87. The first-order valence-corrected chi connectivity index (χ1v) is 6.83. The molecule has 96 valence electrons. The molecular weight excluding hydrogens is 242 g/mol. The van der Waals surface area contributed by atoms with Crippen LogP contribution in [0.3, 0.4) is 0 Å². The summed E-state index contributed by atoms with van der Waals surface area (Å²) in [6.45, 7) is 0. The van der Waals surface area contributed by atoms with Gasteiger partial charge in [0.25, 0.3) is 0 Å². The molecule has 0 aromatic heterocycles. The van der Waals surface area contributed by atoms with E-state index < -0.39 is 9.84 Å². The number of nitrogens with zero attached hydrogens (tertiary/aromatic N) is 1. The van der Waals surface area contributed by atoms with Crippen LogP contribution in [0.25, 0.3) is 0 Å². The van der Waals surface area contributed by atoms with Crippen LogP contribution in [0.2, 0.25) is 0 Å². The number of anilines is 1. The average Bonchev–Trinajstić information content (AvgIpc) is 2.25. The minimum atomic E-state index is -3.34. The van der Waals surface area contributed by atoms with Crippen molar-refractivity contribution < 1.29 is 17.9 Å². The molecule has 0 aliphatic carbocycles. The molecule has 0 bridgehead atoms. The van der Waals surface area contributed by atoms with Gasteiger partial charge in [-0.1, -0.05) is 0 Å². The summed E-state index contributed by atoms with van der Waals surface area (Å²) in [7, 11) is 3.29. The molecule has 0 saturated heterocycles. The standard InChI is InChI=1S/C11H17NO4S/c1-12(2)8-6-10(16-4)11(17(5,13)14)7-9(8)15-3/h6-7H,1-5H3. The third-order valence-corrected chi connectivity index (χ3v) is 3.46. The van der Waals surface area contributed by atoms with Crippen molar-refractivity contribution in [3.05, 3.63) is 12.1 Å². The number of hydrogen-bond donors (Lipinski definition) is 0. The largest absolute Gasteiger partial charge is 0.495 e. The van der Waals surface area contributed by atoms with E-state index in [1.165, 1.54) is 20.3 Å². The fourth-order valence-electron chi connectivity index (χ4n) is 1.49. The van der Waals surface area contributed by atoms with Crippen molar-refractivity contribution in [1.82, 2.24) is 0 Å². The van der Waals surface area contributed by atoms with Gasteiger partial charge in [-0.15, -0.1) is 0 Å². The van der Waals surface area contributed by atoms with Gasteiger partial charge in [0.05, 0.1) is 19.9 Å². The maximum atomic E-state index is 11.6. The predicted octanol–water partition coefficient (Wildman–Crippen LogP) is 1.17. The zero-order valence-corrected chi connectivity index (χ0v) is 11.5. The Labute approximate surface area is 102 Å². The first-order valence-electron chi connectivity index (χ1n) is 4.94. The Hall–Kier alpha value is -1.43. The minimum Gasteiger partial charge on any atom is -0.495 e. The predicted molar refractivity (Wildman–Crippen MR) is 67.0 cm³/mol. The van der Waals surface area contributed by atoms with Crippen LogP contribution in [0.1, 0.15) is 0 Å². The molecule has 0 aliphatic rings. The zero-order chi connectivity index (χ0) is 13.2. The number of hydrogen-bond acceptors (Lipinski definition) is 5. The third-order valence-electron chi connectivity index (χ3n) is 2.35. The first-order chi connectivity index (χ1) is 7.81. The van der Waals surface area contributed by atoms with Crippen molar-refractivity contribution in [2.24, 2.45) is 0 Å². The van der Waals surface area contributed by atoms with Gasteiger partial charge in [0.1, 0.15) is 16.4 Å². The van der Waals surface area contributed by atoms with Gasteiger partial charge in [-0.25, -0.2) is 8.42 Å². The Bertz CT molecular complexity index is 508. The Balaban J connectivity index is 3.55. The fraction of sp³-hybridized carbons (Fsp3) is 0.455. The van der Waals surface area contributed by atoms with Gasteiger partial charge in [-0.2, -0.15) is 0 Å². The first kappa shape index (κ1) is 13.6. The molecule has 5 nitrogen and oxygen atoms in total. The lowest BCUT2D eigenvalue weighted by molar-refractivity contribution is 0.393. The van der Waals surface area contributed by atoms with E-state index >= 15 is 0 Å². The van der Waals surface area contributed by atoms with Gasteiger partial charge in [0.15, 0.2) is 9.84 Å². The van der Waals surface area contributed by atoms with Crippen LogP contribution in [0, 0.1) is 0 Å². The van der Waals surface area contributed by atoms with Gasteiger partial charge >= 0.3 is 0 Å². The summed E-state index contributed by atoms with van der Waals surface area (Å²) in [5, 5.41) is 0. The van der Waals surface area contributed by atoms with Gasteiger partial charge in [0.2, 0.25) is 0 Å². The Morgan fingerprint density at radius 3 is 1.94 bits per heavy atom. The van der Waals surface area contributed by atoms with Gasteiger partial charge < -0.3 is 14.4 Å². The summed E-state index contributed by atoms with van der Waals surface area (Å²) in [5.74, 6) is 0.813. The number of methoxy groups -OCH3 is 2. The highest BCUT2D eigenvalue weighted by molar-refractivity contribution is 7.90. The third kappa shape index (κ3) is 2.82. The van der Waals surface area contributed by atoms with E-state index in [4.69, 9.17) is 9.47 Å².